The fourth-order valence-electron chi connectivity index (χ4n) is 6.54. The van der Waals surface area contributed by atoms with Crippen LogP contribution in [0.3, 0.4) is 0 Å². The van der Waals surface area contributed by atoms with Crippen molar-refractivity contribution >= 4 is 76.9 Å². The van der Waals surface area contributed by atoms with Crippen molar-refractivity contribution in [2.75, 3.05) is 39.3 Å². The molecule has 1 saturated heterocycles. The number of ketones is 3. The second kappa shape index (κ2) is 26.9. The first-order valence-electron chi connectivity index (χ1n) is 21.0. The Morgan fingerprint density at radius 3 is 2.08 bits per heavy atom. The first-order valence-corrected chi connectivity index (χ1v) is 21.0. The van der Waals surface area contributed by atoms with E-state index in [0.29, 0.717) is 24.2 Å². The van der Waals surface area contributed by atoms with Gasteiger partial charge in [-0.05, 0) is 44.4 Å². The summed E-state index contributed by atoms with van der Waals surface area (Å²) < 4.78 is 0. The number of imide groups is 1. The Hall–Kier alpha value is -6.43. The molecule has 0 bridgehead atoms. The summed E-state index contributed by atoms with van der Waals surface area (Å²) in [7, 11) is 0. The number of nitrogens with zero attached hydrogens (tertiary/aromatic N) is 2. The summed E-state index contributed by atoms with van der Waals surface area (Å²) in [5, 5.41) is 15.0. The quantitative estimate of drug-likeness (QED) is 0.0142. The summed E-state index contributed by atoms with van der Waals surface area (Å²) in [6, 6.07) is -5.22. The predicted molar refractivity (Wildman–Crippen MR) is 224 cm³/mol. The molecule has 24 heteroatoms. The fraction of sp³-hybridized carbons (Fsp3) is 0.625. The van der Waals surface area contributed by atoms with Crippen LogP contribution in [0.5, 0.6) is 0 Å². The summed E-state index contributed by atoms with van der Waals surface area (Å²) in [5.41, 5.74) is 9.75. The van der Waals surface area contributed by atoms with Crippen molar-refractivity contribution in [2.45, 2.75) is 110 Å². The molecular weight excluding hydrogens is 843 g/mol. The molecule has 0 aromatic heterocycles. The largest absolute Gasteiger partial charge is 0.370 e. The third kappa shape index (κ3) is 18.1. The average molecular weight is 904 g/mol. The Morgan fingerprint density at radius 2 is 1.47 bits per heavy atom. The van der Waals surface area contributed by atoms with E-state index in [0.717, 1.165) is 12.2 Å². The fourth-order valence-corrected chi connectivity index (χ4v) is 6.54. The van der Waals surface area contributed by atoms with Gasteiger partial charge < -0.3 is 42.5 Å². The summed E-state index contributed by atoms with van der Waals surface area (Å²) in [5.74, 6) is -8.27. The number of hydrogen-bond acceptors (Lipinski definition) is 15. The number of hydrazine groups is 1. The molecule has 1 unspecified atom stereocenters. The maximum absolute atomic E-state index is 13.4. The van der Waals surface area contributed by atoms with Crippen LogP contribution in [0.4, 0.5) is 0 Å². The molecule has 0 aliphatic carbocycles. The van der Waals surface area contributed by atoms with E-state index in [1.165, 1.54) is 11.8 Å². The van der Waals surface area contributed by atoms with Crippen molar-refractivity contribution in [3.05, 3.63) is 12.2 Å². The lowest BCUT2D eigenvalue weighted by molar-refractivity contribution is -0.142. The zero-order valence-electron chi connectivity index (χ0n) is 36.7. The van der Waals surface area contributed by atoms with Crippen molar-refractivity contribution in [3.8, 4) is 0 Å². The predicted octanol–water partition coefficient (Wildman–Crippen LogP) is -4.73. The van der Waals surface area contributed by atoms with Gasteiger partial charge in [-0.25, -0.2) is 5.43 Å². The van der Waals surface area contributed by atoms with E-state index in [4.69, 9.17) is 5.73 Å². The molecule has 2 aliphatic rings. The lowest BCUT2D eigenvalue weighted by atomic mass is 9.92. The Bertz CT molecular complexity index is 1800. The van der Waals surface area contributed by atoms with Crippen LogP contribution in [0.2, 0.25) is 0 Å². The molecule has 0 radical (unpaired) electrons. The number of rotatable bonds is 30. The van der Waals surface area contributed by atoms with E-state index in [1.54, 1.807) is 13.8 Å². The van der Waals surface area contributed by atoms with Crippen LogP contribution in [-0.4, -0.2) is 156 Å². The van der Waals surface area contributed by atoms with Crippen molar-refractivity contribution in [1.82, 2.24) is 52.6 Å². The maximum atomic E-state index is 13.4. The Kier molecular flexibility index (Phi) is 22.6. The minimum Gasteiger partial charge on any atom is -0.370 e. The molecule has 24 nitrogen and oxygen atoms in total. The van der Waals surface area contributed by atoms with Gasteiger partial charge in [-0.1, -0.05) is 34.1 Å². The van der Waals surface area contributed by atoms with Gasteiger partial charge in [0.15, 0.2) is 17.3 Å². The number of primary amides is 1. The van der Waals surface area contributed by atoms with Gasteiger partial charge in [0.25, 0.3) is 17.7 Å². The number of Topliss-reactive ketones (excluding diaryl/α,β-unsaturated/α-hetero) is 3. The van der Waals surface area contributed by atoms with Crippen molar-refractivity contribution in [2.24, 2.45) is 17.6 Å². The highest BCUT2D eigenvalue weighted by Crippen LogP contribution is 2.18. The molecule has 0 aromatic carbocycles. The normalized spacial score (nSPS) is 16.8. The molecule has 10 amide bonds. The zero-order chi connectivity index (χ0) is 48.1. The number of nitrogens with one attached hydrogen (secondary N) is 8. The third-order valence-corrected chi connectivity index (χ3v) is 10.3. The molecule has 0 saturated carbocycles. The Morgan fingerprint density at radius 1 is 0.828 bits per heavy atom. The van der Waals surface area contributed by atoms with Crippen molar-refractivity contribution < 1.29 is 62.3 Å². The summed E-state index contributed by atoms with van der Waals surface area (Å²) in [6.45, 7) is 6.39. The molecule has 0 aromatic rings. The van der Waals surface area contributed by atoms with E-state index in [-0.39, 0.29) is 44.7 Å². The number of likely N-dealkylation sites (tertiary alicyclic amines) is 1. The molecule has 354 valence electrons. The standard InChI is InChI=1S/C40H61N11O13/c1-6-23(4)37(30(55)15-29(54)24(5)42-16-25(53)17-43-38(62)26(45-21-52)9-10-31(41)56)48-32(57)18-44-39(63)27(14-22(2)3)47-40(64)28-8-7-13-50(28)36(61)19-46-49-33(58)20-51-34(59)11-12-35(51)60/h11-12,21-24,26-28,37,42,46H,6-10,13-20H2,1-5H3,(H2,41,56)(H,43,62)(H,44,63)(H,45,52)(H,47,64)(H,48,57)(H,49,58)/t23-,24-,26-,27-,28-,37?/m0/s1. The summed E-state index contributed by atoms with van der Waals surface area (Å²) in [6.07, 6.45) is 2.85. The topological polar surface area (TPSA) is 351 Å². The summed E-state index contributed by atoms with van der Waals surface area (Å²) >= 11 is 0. The smallest absolute Gasteiger partial charge is 0.254 e. The highest BCUT2D eigenvalue weighted by atomic mass is 16.2. The number of carbonyl (C=O) groups is 13. The number of carbonyl (C=O) groups excluding carboxylic acids is 13. The van der Waals surface area contributed by atoms with E-state index in [9.17, 15) is 62.3 Å². The molecule has 1 fully saturated rings. The van der Waals surface area contributed by atoms with Crippen LogP contribution < -0.4 is 48.5 Å². The zero-order valence-corrected chi connectivity index (χ0v) is 36.7. The van der Waals surface area contributed by atoms with Crippen LogP contribution >= 0.6 is 0 Å². The number of amides is 10. The lowest BCUT2D eigenvalue weighted by Gasteiger charge is -2.27. The van der Waals surface area contributed by atoms with Crippen LogP contribution in [-0.2, 0) is 62.3 Å². The Labute approximate surface area is 370 Å². The highest BCUT2D eigenvalue weighted by molar-refractivity contribution is 6.14. The van der Waals surface area contributed by atoms with Gasteiger partial charge in [0, 0.05) is 25.1 Å². The molecule has 2 rings (SSSR count). The van der Waals surface area contributed by atoms with Gasteiger partial charge in [-0.15, -0.1) is 0 Å². The lowest BCUT2D eigenvalue weighted by Crippen LogP contribution is -2.56. The van der Waals surface area contributed by atoms with E-state index in [2.05, 4.69) is 42.8 Å². The van der Waals surface area contributed by atoms with Gasteiger partial charge >= 0.3 is 0 Å². The van der Waals surface area contributed by atoms with Crippen LogP contribution in [0.25, 0.3) is 0 Å². The minimum absolute atomic E-state index is 0.0765. The second-order valence-corrected chi connectivity index (χ2v) is 15.9. The average Bonchev–Trinajstić information content (AvgIpc) is 3.86. The van der Waals surface area contributed by atoms with Gasteiger partial charge in [-0.2, -0.15) is 0 Å². The molecule has 2 aliphatic heterocycles. The molecule has 0 spiro atoms. The Balaban J connectivity index is 1.89. The van der Waals surface area contributed by atoms with E-state index < -0.39 is 139 Å². The van der Waals surface area contributed by atoms with Crippen molar-refractivity contribution in [1.29, 1.82) is 0 Å². The van der Waals surface area contributed by atoms with E-state index >= 15 is 0 Å². The first-order chi connectivity index (χ1) is 30.2. The number of hydrogen-bond donors (Lipinski definition) is 9. The van der Waals surface area contributed by atoms with Gasteiger partial charge in [0.1, 0.15) is 24.7 Å². The molecule has 6 atom stereocenters. The monoisotopic (exact) mass is 903 g/mol. The van der Waals surface area contributed by atoms with E-state index in [1.807, 2.05) is 13.8 Å². The van der Waals surface area contributed by atoms with Crippen LogP contribution in [0, 0.1) is 11.8 Å². The first kappa shape index (κ1) is 53.7. The number of nitrogens with two attached hydrogens (primary N) is 1. The minimum atomic E-state index is -1.11. The van der Waals surface area contributed by atoms with Crippen LogP contribution in [0.1, 0.15) is 79.6 Å². The molecule has 64 heavy (non-hydrogen) atoms. The molecule has 2 heterocycles. The third-order valence-electron chi connectivity index (χ3n) is 10.3. The molecule has 10 N–H and O–H groups in total. The van der Waals surface area contributed by atoms with Gasteiger partial charge in [-0.3, -0.25) is 72.7 Å². The van der Waals surface area contributed by atoms with Gasteiger partial charge in [0.2, 0.25) is 41.9 Å². The SMILES string of the molecule is CC[C@H](C)C(NC(=O)CNC(=O)[C@H](CC(C)C)NC(=O)[C@@H]1CCCN1C(=O)CNNC(=O)CN1C(=O)C=CC1=O)C(=O)CC(=O)[C@H](C)NCC(=O)CNC(=O)[C@H](CCC(N)=O)NC=O. The van der Waals surface area contributed by atoms with Crippen molar-refractivity contribution in [3.63, 3.8) is 0 Å². The maximum Gasteiger partial charge on any atom is 0.254 e. The second-order valence-electron chi connectivity index (χ2n) is 15.9. The molecular formula is C40H61N11O13. The summed E-state index contributed by atoms with van der Waals surface area (Å²) in [4.78, 5) is 163. The van der Waals surface area contributed by atoms with Gasteiger partial charge in [0.05, 0.1) is 44.7 Å². The highest BCUT2D eigenvalue weighted by Gasteiger charge is 2.36. The van der Waals surface area contributed by atoms with Crippen LogP contribution in [0.15, 0.2) is 12.2 Å².